The topological polar surface area (TPSA) is 71.0 Å². The highest BCUT2D eigenvalue weighted by atomic mass is 16.5. The molecule has 2 aliphatic heterocycles. The molecular formula is C21H27N5O3. The van der Waals surface area contributed by atoms with Gasteiger partial charge in [-0.05, 0) is 31.2 Å². The molecule has 0 N–H and O–H groups in total. The van der Waals surface area contributed by atoms with Crippen molar-refractivity contribution in [3.05, 3.63) is 42.0 Å². The van der Waals surface area contributed by atoms with E-state index in [4.69, 9.17) is 9.47 Å². The minimum atomic E-state index is 0.0129. The van der Waals surface area contributed by atoms with E-state index in [1.807, 2.05) is 48.2 Å². The molecule has 0 atom stereocenters. The van der Waals surface area contributed by atoms with E-state index < -0.39 is 0 Å². The summed E-state index contributed by atoms with van der Waals surface area (Å²) in [5.41, 5.74) is 1.17. The van der Waals surface area contributed by atoms with Crippen LogP contribution in [0.4, 0.5) is 11.6 Å². The lowest BCUT2D eigenvalue weighted by atomic mass is 10.2. The van der Waals surface area contributed by atoms with E-state index in [2.05, 4.69) is 20.0 Å². The second kappa shape index (κ2) is 9.09. The molecule has 0 unspecified atom stereocenters. The number of morpholine rings is 1. The minimum absolute atomic E-state index is 0.0129. The van der Waals surface area contributed by atoms with Crippen molar-refractivity contribution < 1.29 is 14.3 Å². The minimum Gasteiger partial charge on any atom is -0.484 e. The molecule has 3 heterocycles. The standard InChI is InChI=1S/C21H27N5O3/c1-17-2-4-18(5-3-17)29-16-21(27)26-10-8-24(9-11-26)19-6-7-20(23-22-19)25-12-14-28-15-13-25/h2-7H,8-16H2,1H3. The number of hydrogen-bond acceptors (Lipinski definition) is 7. The predicted molar refractivity (Wildman–Crippen MR) is 111 cm³/mol. The molecule has 2 fully saturated rings. The Morgan fingerprint density at radius 3 is 2.07 bits per heavy atom. The van der Waals surface area contributed by atoms with Crippen molar-refractivity contribution in [2.75, 3.05) is 68.9 Å². The number of carbonyl (C=O) groups excluding carboxylic acids is 1. The average Bonchev–Trinajstić information content (AvgIpc) is 2.79. The molecule has 29 heavy (non-hydrogen) atoms. The van der Waals surface area contributed by atoms with Gasteiger partial charge in [-0.25, -0.2) is 0 Å². The Morgan fingerprint density at radius 2 is 1.48 bits per heavy atom. The summed E-state index contributed by atoms with van der Waals surface area (Å²) >= 11 is 0. The molecule has 2 saturated heterocycles. The number of piperazine rings is 1. The lowest BCUT2D eigenvalue weighted by Gasteiger charge is -2.35. The van der Waals surface area contributed by atoms with Gasteiger partial charge >= 0.3 is 0 Å². The Kier molecular flexibility index (Phi) is 6.09. The maximum Gasteiger partial charge on any atom is 0.260 e. The van der Waals surface area contributed by atoms with Gasteiger partial charge in [0.1, 0.15) is 5.75 Å². The number of benzene rings is 1. The maximum absolute atomic E-state index is 12.4. The van der Waals surface area contributed by atoms with Gasteiger partial charge in [-0.15, -0.1) is 10.2 Å². The molecule has 0 spiro atoms. The molecule has 0 bridgehead atoms. The Balaban J connectivity index is 1.25. The van der Waals surface area contributed by atoms with Crippen LogP contribution in [-0.4, -0.2) is 80.1 Å². The summed E-state index contributed by atoms with van der Waals surface area (Å²) in [4.78, 5) is 18.6. The normalized spacial score (nSPS) is 17.3. The summed E-state index contributed by atoms with van der Waals surface area (Å²) in [6.07, 6.45) is 0. The van der Waals surface area contributed by atoms with Crippen LogP contribution in [0.5, 0.6) is 5.75 Å². The molecule has 2 aliphatic rings. The van der Waals surface area contributed by atoms with Gasteiger partial charge in [-0.2, -0.15) is 0 Å². The summed E-state index contributed by atoms with van der Waals surface area (Å²) in [6, 6.07) is 11.8. The third kappa shape index (κ3) is 4.95. The number of anilines is 2. The molecule has 0 saturated carbocycles. The van der Waals surface area contributed by atoms with Crippen LogP contribution < -0.4 is 14.5 Å². The van der Waals surface area contributed by atoms with Gasteiger partial charge in [0.2, 0.25) is 0 Å². The molecule has 8 heteroatoms. The molecule has 2 aromatic rings. The van der Waals surface area contributed by atoms with E-state index in [1.54, 1.807) is 0 Å². The average molecular weight is 397 g/mol. The van der Waals surface area contributed by atoms with E-state index in [0.29, 0.717) is 13.1 Å². The van der Waals surface area contributed by atoms with Crippen LogP contribution in [-0.2, 0) is 9.53 Å². The van der Waals surface area contributed by atoms with Crippen LogP contribution in [0.1, 0.15) is 5.56 Å². The molecule has 154 valence electrons. The molecule has 8 nitrogen and oxygen atoms in total. The zero-order valence-corrected chi connectivity index (χ0v) is 16.8. The second-order valence-electron chi connectivity index (χ2n) is 7.32. The fourth-order valence-corrected chi connectivity index (χ4v) is 3.50. The Hall–Kier alpha value is -2.87. The second-order valence-corrected chi connectivity index (χ2v) is 7.32. The van der Waals surface area contributed by atoms with Crippen molar-refractivity contribution in [1.82, 2.24) is 15.1 Å². The van der Waals surface area contributed by atoms with Gasteiger partial charge < -0.3 is 24.2 Å². The summed E-state index contributed by atoms with van der Waals surface area (Å²) in [7, 11) is 0. The lowest BCUT2D eigenvalue weighted by molar-refractivity contribution is -0.133. The molecular weight excluding hydrogens is 370 g/mol. The first-order chi connectivity index (χ1) is 14.2. The van der Waals surface area contributed by atoms with Crippen LogP contribution in [0.3, 0.4) is 0 Å². The Labute approximate surface area is 171 Å². The van der Waals surface area contributed by atoms with Crippen LogP contribution in [0, 0.1) is 6.92 Å². The molecule has 4 rings (SSSR count). The van der Waals surface area contributed by atoms with Crippen LogP contribution in [0.15, 0.2) is 36.4 Å². The van der Waals surface area contributed by atoms with E-state index in [1.165, 1.54) is 5.56 Å². The fraction of sp³-hybridized carbons (Fsp3) is 0.476. The number of aromatic nitrogens is 2. The van der Waals surface area contributed by atoms with Gasteiger partial charge in [0.15, 0.2) is 18.2 Å². The zero-order valence-electron chi connectivity index (χ0n) is 16.8. The van der Waals surface area contributed by atoms with Crippen LogP contribution >= 0.6 is 0 Å². The van der Waals surface area contributed by atoms with Crippen molar-refractivity contribution in [1.29, 1.82) is 0 Å². The highest BCUT2D eigenvalue weighted by molar-refractivity contribution is 5.78. The van der Waals surface area contributed by atoms with Crippen LogP contribution in [0.25, 0.3) is 0 Å². The number of carbonyl (C=O) groups is 1. The van der Waals surface area contributed by atoms with Crippen molar-refractivity contribution in [2.45, 2.75) is 6.92 Å². The summed E-state index contributed by atoms with van der Waals surface area (Å²) < 4.78 is 11.0. The monoisotopic (exact) mass is 397 g/mol. The van der Waals surface area contributed by atoms with Gasteiger partial charge in [0.05, 0.1) is 13.2 Å². The van der Waals surface area contributed by atoms with E-state index >= 15 is 0 Å². The Bertz CT molecular complexity index is 798. The molecule has 0 aliphatic carbocycles. The first-order valence-electron chi connectivity index (χ1n) is 10.1. The van der Waals surface area contributed by atoms with Gasteiger partial charge in [0.25, 0.3) is 5.91 Å². The number of rotatable bonds is 5. The van der Waals surface area contributed by atoms with Gasteiger partial charge in [0, 0.05) is 39.3 Å². The first kappa shape index (κ1) is 19.4. The Morgan fingerprint density at radius 1 is 0.897 bits per heavy atom. The summed E-state index contributed by atoms with van der Waals surface area (Å²) in [5.74, 6) is 2.47. The van der Waals surface area contributed by atoms with E-state index in [0.717, 1.165) is 56.8 Å². The number of ether oxygens (including phenoxy) is 2. The highest BCUT2D eigenvalue weighted by Gasteiger charge is 2.23. The first-order valence-corrected chi connectivity index (χ1v) is 10.1. The predicted octanol–water partition coefficient (Wildman–Crippen LogP) is 1.35. The highest BCUT2D eigenvalue weighted by Crippen LogP contribution is 2.18. The SMILES string of the molecule is Cc1ccc(OCC(=O)N2CCN(c3ccc(N4CCOCC4)nn3)CC2)cc1. The third-order valence-electron chi connectivity index (χ3n) is 5.31. The van der Waals surface area contributed by atoms with Crippen molar-refractivity contribution in [3.63, 3.8) is 0 Å². The van der Waals surface area contributed by atoms with Gasteiger partial charge in [-0.3, -0.25) is 4.79 Å². The summed E-state index contributed by atoms with van der Waals surface area (Å²) in [6.45, 7) is 8.03. The van der Waals surface area contributed by atoms with Crippen molar-refractivity contribution in [2.24, 2.45) is 0 Å². The smallest absolute Gasteiger partial charge is 0.260 e. The summed E-state index contributed by atoms with van der Waals surface area (Å²) in [5, 5.41) is 8.77. The van der Waals surface area contributed by atoms with Crippen molar-refractivity contribution in [3.8, 4) is 5.75 Å². The number of aryl methyl sites for hydroxylation is 1. The lowest BCUT2D eigenvalue weighted by Crippen LogP contribution is -2.50. The van der Waals surface area contributed by atoms with E-state index in [9.17, 15) is 4.79 Å². The molecule has 1 amide bonds. The van der Waals surface area contributed by atoms with Crippen LogP contribution in [0.2, 0.25) is 0 Å². The quantitative estimate of drug-likeness (QED) is 0.754. The number of amides is 1. The van der Waals surface area contributed by atoms with E-state index in [-0.39, 0.29) is 12.5 Å². The number of nitrogens with zero attached hydrogens (tertiary/aromatic N) is 5. The zero-order chi connectivity index (χ0) is 20.1. The fourth-order valence-electron chi connectivity index (χ4n) is 3.50. The molecule has 1 aromatic carbocycles. The number of hydrogen-bond donors (Lipinski definition) is 0. The molecule has 0 radical (unpaired) electrons. The third-order valence-corrected chi connectivity index (χ3v) is 5.31. The maximum atomic E-state index is 12.4. The molecule has 1 aromatic heterocycles. The van der Waals surface area contributed by atoms with Gasteiger partial charge in [-0.1, -0.05) is 17.7 Å². The largest absolute Gasteiger partial charge is 0.484 e. The van der Waals surface area contributed by atoms with Crippen molar-refractivity contribution >= 4 is 17.5 Å².